The Morgan fingerprint density at radius 2 is 1.95 bits per heavy atom. The molecule has 0 fully saturated rings. The van der Waals surface area contributed by atoms with Gasteiger partial charge >= 0.3 is 0 Å². The van der Waals surface area contributed by atoms with Gasteiger partial charge in [-0.05, 0) is 43.9 Å². The van der Waals surface area contributed by atoms with Gasteiger partial charge in [-0.1, -0.05) is 31.9 Å². The second-order valence-corrected chi connectivity index (χ2v) is 5.47. The molecular formula is C17H30N2O. The first kappa shape index (κ1) is 16.8. The van der Waals surface area contributed by atoms with Crippen LogP contribution in [0.2, 0.25) is 0 Å². The average molecular weight is 278 g/mol. The summed E-state index contributed by atoms with van der Waals surface area (Å²) in [4.78, 5) is 2.28. The third kappa shape index (κ3) is 5.41. The summed E-state index contributed by atoms with van der Waals surface area (Å²) in [6.45, 7) is 4.13. The molecule has 3 heteroatoms. The second kappa shape index (κ2) is 9.65. The number of rotatable bonds is 10. The summed E-state index contributed by atoms with van der Waals surface area (Å²) in [6.07, 6.45) is 6.19. The van der Waals surface area contributed by atoms with Crippen LogP contribution in [0.4, 0.5) is 5.69 Å². The van der Waals surface area contributed by atoms with Crippen LogP contribution in [0.5, 0.6) is 5.75 Å². The first-order valence-corrected chi connectivity index (χ1v) is 7.77. The van der Waals surface area contributed by atoms with E-state index in [4.69, 9.17) is 10.5 Å². The van der Waals surface area contributed by atoms with Crippen molar-refractivity contribution in [3.8, 4) is 5.75 Å². The van der Waals surface area contributed by atoms with Crippen molar-refractivity contribution in [1.82, 2.24) is 0 Å². The summed E-state index contributed by atoms with van der Waals surface area (Å²) in [5, 5.41) is 0. The third-order valence-corrected chi connectivity index (χ3v) is 3.87. The first-order chi connectivity index (χ1) is 9.72. The Kier molecular flexibility index (Phi) is 8.12. The molecule has 3 nitrogen and oxygen atoms in total. The Morgan fingerprint density at radius 3 is 2.60 bits per heavy atom. The van der Waals surface area contributed by atoms with Crippen molar-refractivity contribution in [1.29, 1.82) is 0 Å². The lowest BCUT2D eigenvalue weighted by molar-refractivity contribution is 0.406. The van der Waals surface area contributed by atoms with Crippen LogP contribution in [-0.2, 0) is 0 Å². The fourth-order valence-corrected chi connectivity index (χ4v) is 2.76. The molecule has 1 aromatic rings. The van der Waals surface area contributed by atoms with Crippen molar-refractivity contribution in [3.05, 3.63) is 24.3 Å². The van der Waals surface area contributed by atoms with Crippen LogP contribution in [0.3, 0.4) is 0 Å². The fraction of sp³-hybridized carbons (Fsp3) is 0.647. The molecule has 1 atom stereocenters. The van der Waals surface area contributed by atoms with Gasteiger partial charge in [-0.15, -0.1) is 0 Å². The standard InChI is InChI=1S/C17H30N2O/c1-4-8-15(12-13-18)9-7-14-19(2)16-10-5-6-11-17(16)20-3/h5-6,10-11,15H,4,7-9,12-14,18H2,1-3H3. The monoisotopic (exact) mass is 278 g/mol. The van der Waals surface area contributed by atoms with Crippen LogP contribution in [0.25, 0.3) is 0 Å². The molecule has 0 spiro atoms. The Bertz CT molecular complexity index is 362. The minimum absolute atomic E-state index is 0.788. The predicted octanol–water partition coefficient (Wildman–Crippen LogP) is 3.68. The Balaban J connectivity index is 2.44. The van der Waals surface area contributed by atoms with Crippen molar-refractivity contribution >= 4 is 5.69 Å². The number of hydrogen-bond acceptors (Lipinski definition) is 3. The normalized spacial score (nSPS) is 12.2. The Morgan fingerprint density at radius 1 is 1.20 bits per heavy atom. The third-order valence-electron chi connectivity index (χ3n) is 3.87. The van der Waals surface area contributed by atoms with E-state index in [9.17, 15) is 0 Å². The van der Waals surface area contributed by atoms with E-state index in [1.807, 2.05) is 12.1 Å². The summed E-state index contributed by atoms with van der Waals surface area (Å²) < 4.78 is 5.41. The number of methoxy groups -OCH3 is 1. The van der Waals surface area contributed by atoms with Gasteiger partial charge in [0.05, 0.1) is 12.8 Å². The molecular weight excluding hydrogens is 248 g/mol. The van der Waals surface area contributed by atoms with Gasteiger partial charge in [-0.3, -0.25) is 0 Å². The van der Waals surface area contributed by atoms with E-state index in [2.05, 4.69) is 31.0 Å². The molecule has 0 heterocycles. The molecule has 2 N–H and O–H groups in total. The number of para-hydroxylation sites is 2. The highest BCUT2D eigenvalue weighted by molar-refractivity contribution is 5.57. The molecule has 0 saturated heterocycles. The molecule has 114 valence electrons. The molecule has 0 radical (unpaired) electrons. The highest BCUT2D eigenvalue weighted by Gasteiger charge is 2.10. The molecule has 0 aliphatic rings. The lowest BCUT2D eigenvalue weighted by Crippen LogP contribution is -2.20. The van der Waals surface area contributed by atoms with Gasteiger partial charge in [0.25, 0.3) is 0 Å². The minimum atomic E-state index is 0.788. The topological polar surface area (TPSA) is 38.5 Å². The summed E-state index contributed by atoms with van der Waals surface area (Å²) in [5.41, 5.74) is 6.86. The molecule has 1 unspecified atom stereocenters. The number of nitrogens with two attached hydrogens (primary N) is 1. The maximum atomic E-state index is 5.69. The summed E-state index contributed by atoms with van der Waals surface area (Å²) >= 11 is 0. The number of nitrogens with zero attached hydrogens (tertiary/aromatic N) is 1. The zero-order valence-electron chi connectivity index (χ0n) is 13.3. The summed E-state index contributed by atoms with van der Waals surface area (Å²) in [7, 11) is 3.86. The molecule has 0 aliphatic carbocycles. The van der Waals surface area contributed by atoms with Gasteiger partial charge < -0.3 is 15.4 Å². The largest absolute Gasteiger partial charge is 0.495 e. The van der Waals surface area contributed by atoms with E-state index in [-0.39, 0.29) is 0 Å². The van der Waals surface area contributed by atoms with Crippen LogP contribution in [-0.4, -0.2) is 27.2 Å². The van der Waals surface area contributed by atoms with E-state index in [0.717, 1.165) is 31.2 Å². The molecule has 1 aromatic carbocycles. The maximum absolute atomic E-state index is 5.69. The molecule has 0 bridgehead atoms. The molecule has 20 heavy (non-hydrogen) atoms. The second-order valence-electron chi connectivity index (χ2n) is 5.47. The zero-order valence-corrected chi connectivity index (χ0v) is 13.3. The number of hydrogen-bond donors (Lipinski definition) is 1. The SMILES string of the molecule is CCCC(CCN)CCCN(C)c1ccccc1OC. The quantitative estimate of drug-likeness (QED) is 0.709. The average Bonchev–Trinajstić information content (AvgIpc) is 2.47. The van der Waals surface area contributed by atoms with Gasteiger partial charge in [0.15, 0.2) is 0 Å². The van der Waals surface area contributed by atoms with Gasteiger partial charge in [0.2, 0.25) is 0 Å². The van der Waals surface area contributed by atoms with Crippen LogP contribution in [0.1, 0.15) is 39.0 Å². The smallest absolute Gasteiger partial charge is 0.142 e. The van der Waals surface area contributed by atoms with E-state index in [1.54, 1.807) is 7.11 Å². The molecule has 1 rings (SSSR count). The lowest BCUT2D eigenvalue weighted by atomic mass is 9.94. The number of anilines is 1. The molecule has 0 amide bonds. The Labute approximate surface area is 124 Å². The zero-order chi connectivity index (χ0) is 14.8. The van der Waals surface area contributed by atoms with Gasteiger partial charge in [-0.2, -0.15) is 0 Å². The van der Waals surface area contributed by atoms with E-state index in [1.165, 1.54) is 31.4 Å². The van der Waals surface area contributed by atoms with E-state index in [0.29, 0.717) is 0 Å². The predicted molar refractivity (Wildman–Crippen MR) is 87.6 cm³/mol. The maximum Gasteiger partial charge on any atom is 0.142 e. The first-order valence-electron chi connectivity index (χ1n) is 7.77. The lowest BCUT2D eigenvalue weighted by Gasteiger charge is -2.23. The van der Waals surface area contributed by atoms with Crippen molar-refractivity contribution in [3.63, 3.8) is 0 Å². The summed E-state index contributed by atoms with van der Waals surface area (Å²) in [6, 6.07) is 8.19. The molecule has 0 aromatic heterocycles. The Hall–Kier alpha value is -1.22. The van der Waals surface area contributed by atoms with E-state index < -0.39 is 0 Å². The van der Waals surface area contributed by atoms with Gasteiger partial charge in [0.1, 0.15) is 5.75 Å². The van der Waals surface area contributed by atoms with Crippen molar-refractivity contribution in [2.24, 2.45) is 11.7 Å². The van der Waals surface area contributed by atoms with Crippen molar-refractivity contribution < 1.29 is 4.74 Å². The van der Waals surface area contributed by atoms with Crippen LogP contribution >= 0.6 is 0 Å². The van der Waals surface area contributed by atoms with Crippen LogP contribution < -0.4 is 15.4 Å². The van der Waals surface area contributed by atoms with Crippen LogP contribution in [0.15, 0.2) is 24.3 Å². The minimum Gasteiger partial charge on any atom is -0.495 e. The molecule has 0 saturated carbocycles. The van der Waals surface area contributed by atoms with Crippen LogP contribution in [0, 0.1) is 5.92 Å². The number of ether oxygens (including phenoxy) is 1. The molecule has 0 aliphatic heterocycles. The fourth-order valence-electron chi connectivity index (χ4n) is 2.76. The highest BCUT2D eigenvalue weighted by Crippen LogP contribution is 2.27. The van der Waals surface area contributed by atoms with Crippen molar-refractivity contribution in [2.45, 2.75) is 39.0 Å². The van der Waals surface area contributed by atoms with Gasteiger partial charge in [-0.25, -0.2) is 0 Å². The highest BCUT2D eigenvalue weighted by atomic mass is 16.5. The number of benzene rings is 1. The summed E-state index contributed by atoms with van der Waals surface area (Å²) in [5.74, 6) is 1.73. The van der Waals surface area contributed by atoms with E-state index >= 15 is 0 Å². The van der Waals surface area contributed by atoms with Crippen molar-refractivity contribution in [2.75, 3.05) is 32.1 Å². The van der Waals surface area contributed by atoms with Gasteiger partial charge in [0, 0.05) is 13.6 Å².